The van der Waals surface area contributed by atoms with Gasteiger partial charge in [-0.05, 0) is 17.7 Å². The molecular formula is C10H14O5. The summed E-state index contributed by atoms with van der Waals surface area (Å²) in [6.07, 6.45) is -1.02. The van der Waals surface area contributed by atoms with Crippen LogP contribution in [0.4, 0.5) is 0 Å². The average molecular weight is 214 g/mol. The Morgan fingerprint density at radius 1 is 1.20 bits per heavy atom. The molecule has 0 aliphatic heterocycles. The molecule has 1 aromatic carbocycles. The van der Waals surface area contributed by atoms with Gasteiger partial charge in [0.2, 0.25) is 5.75 Å². The Morgan fingerprint density at radius 3 is 2.00 bits per heavy atom. The van der Waals surface area contributed by atoms with Crippen molar-refractivity contribution in [2.45, 2.75) is 6.10 Å². The van der Waals surface area contributed by atoms with Gasteiger partial charge in [-0.15, -0.1) is 0 Å². The highest BCUT2D eigenvalue weighted by Crippen LogP contribution is 2.38. The highest BCUT2D eigenvalue weighted by molar-refractivity contribution is 5.53. The number of phenolic OH excluding ortho intramolecular Hbond substituents is 1. The molecule has 3 N–H and O–H groups in total. The molecule has 0 amide bonds. The molecule has 0 radical (unpaired) electrons. The van der Waals surface area contributed by atoms with Crippen molar-refractivity contribution in [3.05, 3.63) is 17.7 Å². The Hall–Kier alpha value is -1.46. The van der Waals surface area contributed by atoms with Crippen molar-refractivity contribution in [2.24, 2.45) is 0 Å². The zero-order chi connectivity index (χ0) is 11.4. The minimum atomic E-state index is -1.02. The van der Waals surface area contributed by atoms with Gasteiger partial charge in [0, 0.05) is 0 Å². The van der Waals surface area contributed by atoms with E-state index in [2.05, 4.69) is 0 Å². The SMILES string of the molecule is COc1cc(C(O)CO)cc(OC)c1O. The maximum absolute atomic E-state index is 9.57. The fourth-order valence-electron chi connectivity index (χ4n) is 1.21. The lowest BCUT2D eigenvalue weighted by atomic mass is 10.1. The van der Waals surface area contributed by atoms with Crippen LogP contribution < -0.4 is 9.47 Å². The summed E-state index contributed by atoms with van der Waals surface area (Å²) in [5.41, 5.74) is 0.420. The molecule has 1 aromatic rings. The number of hydrogen-bond donors (Lipinski definition) is 3. The van der Waals surface area contributed by atoms with Crippen LogP contribution in [-0.2, 0) is 0 Å². The summed E-state index contributed by atoms with van der Waals surface area (Å²) in [5.74, 6) is 0.252. The molecule has 0 saturated heterocycles. The first kappa shape index (κ1) is 11.6. The van der Waals surface area contributed by atoms with Crippen LogP contribution in [0.15, 0.2) is 12.1 Å². The fourth-order valence-corrected chi connectivity index (χ4v) is 1.21. The molecule has 0 fully saturated rings. The first-order valence-corrected chi connectivity index (χ1v) is 4.37. The Balaban J connectivity index is 3.20. The molecule has 0 bridgehead atoms. The fraction of sp³-hybridized carbons (Fsp3) is 0.400. The van der Waals surface area contributed by atoms with Crippen LogP contribution in [-0.4, -0.2) is 36.1 Å². The molecule has 1 rings (SSSR count). The van der Waals surface area contributed by atoms with Crippen LogP contribution >= 0.6 is 0 Å². The quantitative estimate of drug-likeness (QED) is 0.677. The van der Waals surface area contributed by atoms with Gasteiger partial charge in [-0.3, -0.25) is 0 Å². The van der Waals surface area contributed by atoms with Gasteiger partial charge < -0.3 is 24.8 Å². The predicted octanol–water partition coefficient (Wildman–Crippen LogP) is 0.435. The maximum Gasteiger partial charge on any atom is 0.200 e. The summed E-state index contributed by atoms with van der Waals surface area (Å²) in [4.78, 5) is 0. The molecule has 5 nitrogen and oxygen atoms in total. The Kier molecular flexibility index (Phi) is 3.76. The van der Waals surface area contributed by atoms with Crippen LogP contribution in [0.25, 0.3) is 0 Å². The van der Waals surface area contributed by atoms with Gasteiger partial charge in [-0.2, -0.15) is 0 Å². The monoisotopic (exact) mass is 214 g/mol. The van der Waals surface area contributed by atoms with Crippen LogP contribution in [0, 0.1) is 0 Å². The number of hydrogen-bond acceptors (Lipinski definition) is 5. The third-order valence-electron chi connectivity index (χ3n) is 2.06. The minimum Gasteiger partial charge on any atom is -0.502 e. The molecule has 0 aromatic heterocycles. The summed E-state index contributed by atoms with van der Waals surface area (Å²) >= 11 is 0. The van der Waals surface area contributed by atoms with E-state index >= 15 is 0 Å². The third-order valence-corrected chi connectivity index (χ3v) is 2.06. The Bertz CT molecular complexity index is 312. The van der Waals surface area contributed by atoms with Crippen LogP contribution in [0.5, 0.6) is 17.2 Å². The molecule has 1 unspecified atom stereocenters. The molecule has 0 spiro atoms. The van der Waals surface area contributed by atoms with E-state index in [1.807, 2.05) is 0 Å². The van der Waals surface area contributed by atoms with Gasteiger partial charge in [0.25, 0.3) is 0 Å². The van der Waals surface area contributed by atoms with E-state index in [0.29, 0.717) is 5.56 Å². The lowest BCUT2D eigenvalue weighted by Gasteiger charge is -2.13. The van der Waals surface area contributed by atoms with Gasteiger partial charge in [0.1, 0.15) is 6.10 Å². The number of benzene rings is 1. The van der Waals surface area contributed by atoms with Crippen LogP contribution in [0.3, 0.4) is 0 Å². The van der Waals surface area contributed by atoms with E-state index in [4.69, 9.17) is 14.6 Å². The van der Waals surface area contributed by atoms with Gasteiger partial charge in [-0.25, -0.2) is 0 Å². The zero-order valence-corrected chi connectivity index (χ0v) is 8.60. The number of rotatable bonds is 4. The Labute approximate surface area is 87.5 Å². The van der Waals surface area contributed by atoms with Crippen molar-refractivity contribution in [1.29, 1.82) is 0 Å². The van der Waals surface area contributed by atoms with E-state index < -0.39 is 12.7 Å². The molecule has 15 heavy (non-hydrogen) atoms. The van der Waals surface area contributed by atoms with Crippen LogP contribution in [0.1, 0.15) is 11.7 Å². The highest BCUT2D eigenvalue weighted by atomic mass is 16.5. The van der Waals surface area contributed by atoms with Gasteiger partial charge >= 0.3 is 0 Å². The molecule has 0 aliphatic rings. The maximum atomic E-state index is 9.57. The van der Waals surface area contributed by atoms with Crippen molar-refractivity contribution in [2.75, 3.05) is 20.8 Å². The van der Waals surface area contributed by atoms with E-state index in [-0.39, 0.29) is 17.2 Å². The van der Waals surface area contributed by atoms with Crippen molar-refractivity contribution in [3.8, 4) is 17.2 Å². The Morgan fingerprint density at radius 2 is 1.67 bits per heavy atom. The molecule has 0 aliphatic carbocycles. The third kappa shape index (κ3) is 2.31. The summed E-state index contributed by atoms with van der Waals surface area (Å²) in [6, 6.07) is 2.89. The molecule has 0 heterocycles. The standard InChI is InChI=1S/C10H14O5/c1-14-8-3-6(7(12)5-11)4-9(15-2)10(8)13/h3-4,7,11-13H,5H2,1-2H3. The molecule has 5 heteroatoms. The molecule has 1 atom stereocenters. The van der Waals surface area contributed by atoms with Gasteiger partial charge in [0.15, 0.2) is 11.5 Å². The zero-order valence-electron chi connectivity index (χ0n) is 8.60. The van der Waals surface area contributed by atoms with E-state index in [0.717, 1.165) is 0 Å². The van der Waals surface area contributed by atoms with Crippen molar-refractivity contribution >= 4 is 0 Å². The number of methoxy groups -OCH3 is 2. The smallest absolute Gasteiger partial charge is 0.200 e. The summed E-state index contributed by atoms with van der Waals surface area (Å²) in [6.45, 7) is -0.406. The van der Waals surface area contributed by atoms with Crippen molar-refractivity contribution in [3.63, 3.8) is 0 Å². The highest BCUT2D eigenvalue weighted by Gasteiger charge is 2.15. The second-order valence-corrected chi connectivity index (χ2v) is 2.97. The lowest BCUT2D eigenvalue weighted by molar-refractivity contribution is 0.0951. The summed E-state index contributed by atoms with van der Waals surface area (Å²) in [7, 11) is 2.78. The van der Waals surface area contributed by atoms with E-state index in [9.17, 15) is 10.2 Å². The summed E-state index contributed by atoms with van der Waals surface area (Å²) in [5, 5.41) is 27.8. The topological polar surface area (TPSA) is 79.2 Å². The minimum absolute atomic E-state index is 0.131. The van der Waals surface area contributed by atoms with Gasteiger partial charge in [-0.1, -0.05) is 0 Å². The largest absolute Gasteiger partial charge is 0.502 e. The first-order valence-electron chi connectivity index (χ1n) is 4.37. The molecule has 0 saturated carbocycles. The molecule has 84 valence electrons. The van der Waals surface area contributed by atoms with Crippen LogP contribution in [0.2, 0.25) is 0 Å². The predicted molar refractivity (Wildman–Crippen MR) is 53.3 cm³/mol. The van der Waals surface area contributed by atoms with E-state index in [1.54, 1.807) is 0 Å². The van der Waals surface area contributed by atoms with Crippen molar-refractivity contribution < 1.29 is 24.8 Å². The lowest BCUT2D eigenvalue weighted by Crippen LogP contribution is -2.03. The normalized spacial score (nSPS) is 12.3. The van der Waals surface area contributed by atoms with Gasteiger partial charge in [0.05, 0.1) is 20.8 Å². The number of phenols is 1. The number of aliphatic hydroxyl groups is 2. The number of aliphatic hydroxyl groups excluding tert-OH is 2. The van der Waals surface area contributed by atoms with E-state index in [1.165, 1.54) is 26.4 Å². The number of aromatic hydroxyl groups is 1. The average Bonchev–Trinajstić information content (AvgIpc) is 2.28. The molecular weight excluding hydrogens is 200 g/mol. The number of ether oxygens (including phenoxy) is 2. The second kappa shape index (κ2) is 4.86. The second-order valence-electron chi connectivity index (χ2n) is 2.97. The summed E-state index contributed by atoms with van der Waals surface area (Å²) < 4.78 is 9.80. The first-order chi connectivity index (χ1) is 7.13. The van der Waals surface area contributed by atoms with Crippen molar-refractivity contribution in [1.82, 2.24) is 0 Å².